The SMILES string of the molecule is Cc1cccc(CN2CCC3(CC2)CC(=O)N(Cc2ccc(Cl)cc2)C3)n1. The molecule has 2 saturated heterocycles. The van der Waals surface area contributed by atoms with Gasteiger partial charge in [0.25, 0.3) is 0 Å². The molecule has 1 amide bonds. The molecule has 0 N–H and O–H groups in total. The van der Waals surface area contributed by atoms with Crippen molar-refractivity contribution in [2.24, 2.45) is 5.41 Å². The Bertz CT molecular complexity index is 813. The number of amides is 1. The first-order valence-electron chi connectivity index (χ1n) is 9.69. The van der Waals surface area contributed by atoms with E-state index in [1.54, 1.807) is 0 Å². The fourth-order valence-corrected chi connectivity index (χ4v) is 4.50. The van der Waals surface area contributed by atoms with Gasteiger partial charge in [0.05, 0.1) is 5.69 Å². The van der Waals surface area contributed by atoms with E-state index < -0.39 is 0 Å². The lowest BCUT2D eigenvalue weighted by Crippen LogP contribution is -2.41. The average molecular weight is 384 g/mol. The lowest BCUT2D eigenvalue weighted by atomic mass is 9.77. The number of hydrogen-bond donors (Lipinski definition) is 0. The van der Waals surface area contributed by atoms with Crippen LogP contribution in [0, 0.1) is 12.3 Å². The standard InChI is InChI=1S/C22H26ClN3O/c1-17-3-2-4-20(24-17)15-25-11-9-22(10-12-25)13-21(27)26(16-22)14-18-5-7-19(23)8-6-18/h2-8H,9-16H2,1H3. The van der Waals surface area contributed by atoms with Crippen molar-refractivity contribution >= 4 is 17.5 Å². The monoisotopic (exact) mass is 383 g/mol. The van der Waals surface area contributed by atoms with E-state index in [9.17, 15) is 4.79 Å². The Morgan fingerprint density at radius 3 is 2.52 bits per heavy atom. The third-order valence-electron chi connectivity index (χ3n) is 5.94. The summed E-state index contributed by atoms with van der Waals surface area (Å²) in [7, 11) is 0. The van der Waals surface area contributed by atoms with Crippen molar-refractivity contribution in [3.05, 3.63) is 64.4 Å². The van der Waals surface area contributed by atoms with Crippen molar-refractivity contribution in [2.75, 3.05) is 19.6 Å². The van der Waals surface area contributed by atoms with Gasteiger partial charge in [0.2, 0.25) is 5.91 Å². The Kier molecular flexibility index (Phi) is 5.20. The zero-order valence-electron chi connectivity index (χ0n) is 15.8. The van der Waals surface area contributed by atoms with Gasteiger partial charge in [0.1, 0.15) is 0 Å². The fourth-order valence-electron chi connectivity index (χ4n) is 4.37. The van der Waals surface area contributed by atoms with E-state index in [4.69, 9.17) is 11.6 Å². The molecule has 4 nitrogen and oxygen atoms in total. The molecule has 5 heteroatoms. The largest absolute Gasteiger partial charge is 0.338 e. The van der Waals surface area contributed by atoms with Gasteiger partial charge in [-0.3, -0.25) is 14.7 Å². The molecule has 1 aromatic carbocycles. The zero-order chi connectivity index (χ0) is 18.9. The van der Waals surface area contributed by atoms with Crippen molar-refractivity contribution < 1.29 is 4.79 Å². The molecular formula is C22H26ClN3O. The Balaban J connectivity index is 1.34. The molecule has 0 atom stereocenters. The molecule has 4 rings (SSSR count). The number of pyridine rings is 1. The molecule has 1 spiro atoms. The maximum Gasteiger partial charge on any atom is 0.223 e. The maximum atomic E-state index is 12.6. The average Bonchev–Trinajstić information content (AvgIpc) is 2.94. The van der Waals surface area contributed by atoms with Crippen LogP contribution in [0.1, 0.15) is 36.2 Å². The van der Waals surface area contributed by atoms with Gasteiger partial charge in [0.15, 0.2) is 0 Å². The van der Waals surface area contributed by atoms with Crippen molar-refractivity contribution in [2.45, 2.75) is 39.3 Å². The highest BCUT2D eigenvalue weighted by Crippen LogP contribution is 2.41. The molecule has 3 heterocycles. The van der Waals surface area contributed by atoms with Crippen LogP contribution in [-0.2, 0) is 17.9 Å². The predicted octanol–water partition coefficient (Wildman–Crippen LogP) is 4.06. The number of carbonyl (C=O) groups is 1. The predicted molar refractivity (Wildman–Crippen MR) is 107 cm³/mol. The second-order valence-electron chi connectivity index (χ2n) is 8.10. The van der Waals surface area contributed by atoms with E-state index in [0.29, 0.717) is 18.9 Å². The summed E-state index contributed by atoms with van der Waals surface area (Å²) >= 11 is 5.96. The Hall–Kier alpha value is -1.91. The van der Waals surface area contributed by atoms with Gasteiger partial charge in [-0.1, -0.05) is 29.8 Å². The highest BCUT2D eigenvalue weighted by Gasteiger charge is 2.44. The van der Waals surface area contributed by atoms with Crippen LogP contribution in [0.25, 0.3) is 0 Å². The number of nitrogens with zero attached hydrogens (tertiary/aromatic N) is 3. The fraction of sp³-hybridized carbons (Fsp3) is 0.455. The first-order valence-corrected chi connectivity index (χ1v) is 10.1. The quantitative estimate of drug-likeness (QED) is 0.798. The number of likely N-dealkylation sites (tertiary alicyclic amines) is 2. The molecule has 0 bridgehead atoms. The van der Waals surface area contributed by atoms with Crippen molar-refractivity contribution in [1.82, 2.24) is 14.8 Å². The molecule has 0 unspecified atom stereocenters. The van der Waals surface area contributed by atoms with Crippen molar-refractivity contribution in [1.29, 1.82) is 0 Å². The van der Waals surface area contributed by atoms with Gasteiger partial charge in [-0.2, -0.15) is 0 Å². The lowest BCUT2D eigenvalue weighted by molar-refractivity contribution is -0.128. The van der Waals surface area contributed by atoms with Crippen LogP contribution in [0.4, 0.5) is 0 Å². The minimum atomic E-state index is 0.153. The Morgan fingerprint density at radius 2 is 1.81 bits per heavy atom. The van der Waals surface area contributed by atoms with Crippen LogP contribution in [0.3, 0.4) is 0 Å². The molecule has 0 radical (unpaired) electrons. The Labute approximate surface area is 166 Å². The molecular weight excluding hydrogens is 358 g/mol. The van der Waals surface area contributed by atoms with E-state index >= 15 is 0 Å². The minimum Gasteiger partial charge on any atom is -0.338 e. The summed E-state index contributed by atoms with van der Waals surface area (Å²) in [5.41, 5.74) is 3.51. The van der Waals surface area contributed by atoms with Crippen molar-refractivity contribution in [3.8, 4) is 0 Å². The summed E-state index contributed by atoms with van der Waals surface area (Å²) in [6.07, 6.45) is 2.86. The Morgan fingerprint density at radius 1 is 1.07 bits per heavy atom. The number of rotatable bonds is 4. The van der Waals surface area contributed by atoms with Gasteiger partial charge in [-0.05, 0) is 68.1 Å². The van der Waals surface area contributed by atoms with E-state index in [1.165, 1.54) is 0 Å². The number of benzene rings is 1. The first kappa shape index (κ1) is 18.5. The molecule has 2 fully saturated rings. The summed E-state index contributed by atoms with van der Waals surface area (Å²) < 4.78 is 0. The molecule has 2 aliphatic heterocycles. The number of carbonyl (C=O) groups excluding carboxylic acids is 1. The zero-order valence-corrected chi connectivity index (χ0v) is 16.6. The number of hydrogen-bond acceptors (Lipinski definition) is 3. The van der Waals surface area contributed by atoms with Gasteiger partial charge in [-0.15, -0.1) is 0 Å². The first-order chi connectivity index (χ1) is 13.0. The smallest absolute Gasteiger partial charge is 0.223 e. The van der Waals surface area contributed by atoms with Crippen LogP contribution in [0.15, 0.2) is 42.5 Å². The molecule has 2 aliphatic rings. The van der Waals surface area contributed by atoms with E-state index in [0.717, 1.165) is 61.0 Å². The minimum absolute atomic E-state index is 0.153. The molecule has 27 heavy (non-hydrogen) atoms. The normalized spacial score (nSPS) is 19.8. The third-order valence-corrected chi connectivity index (χ3v) is 6.19. The van der Waals surface area contributed by atoms with Crippen LogP contribution in [-0.4, -0.2) is 40.3 Å². The van der Waals surface area contributed by atoms with Crippen LogP contribution in [0.2, 0.25) is 5.02 Å². The number of piperidine rings is 1. The van der Waals surface area contributed by atoms with Crippen LogP contribution >= 0.6 is 11.6 Å². The second-order valence-corrected chi connectivity index (χ2v) is 8.54. The van der Waals surface area contributed by atoms with Gasteiger partial charge in [0, 0.05) is 36.8 Å². The van der Waals surface area contributed by atoms with Gasteiger partial charge in [-0.25, -0.2) is 0 Å². The molecule has 0 saturated carbocycles. The summed E-state index contributed by atoms with van der Waals surface area (Å²) in [6.45, 7) is 6.59. The molecule has 1 aromatic heterocycles. The third kappa shape index (κ3) is 4.33. The van der Waals surface area contributed by atoms with E-state index in [-0.39, 0.29) is 5.41 Å². The molecule has 142 valence electrons. The van der Waals surface area contributed by atoms with Gasteiger partial charge >= 0.3 is 0 Å². The van der Waals surface area contributed by atoms with Gasteiger partial charge < -0.3 is 4.90 Å². The van der Waals surface area contributed by atoms with Crippen LogP contribution < -0.4 is 0 Å². The van der Waals surface area contributed by atoms with Crippen molar-refractivity contribution in [3.63, 3.8) is 0 Å². The highest BCUT2D eigenvalue weighted by molar-refractivity contribution is 6.30. The topological polar surface area (TPSA) is 36.4 Å². The maximum absolute atomic E-state index is 12.6. The second kappa shape index (κ2) is 7.61. The number of aromatic nitrogens is 1. The van der Waals surface area contributed by atoms with E-state index in [2.05, 4.69) is 22.0 Å². The molecule has 0 aliphatic carbocycles. The van der Waals surface area contributed by atoms with Crippen LogP contribution in [0.5, 0.6) is 0 Å². The summed E-state index contributed by atoms with van der Waals surface area (Å²) in [6, 6.07) is 14.0. The van der Waals surface area contributed by atoms with E-state index in [1.807, 2.05) is 42.2 Å². The summed E-state index contributed by atoms with van der Waals surface area (Å²) in [5, 5.41) is 0.735. The summed E-state index contributed by atoms with van der Waals surface area (Å²) in [5.74, 6) is 0.291. The number of halogens is 1. The highest BCUT2D eigenvalue weighted by atomic mass is 35.5. The number of aryl methyl sites for hydroxylation is 1. The molecule has 2 aromatic rings. The lowest BCUT2D eigenvalue weighted by Gasteiger charge is -2.38. The summed E-state index contributed by atoms with van der Waals surface area (Å²) in [4.78, 5) is 21.7.